The molecule has 1 N–H and O–H groups in total. The smallest absolute Gasteiger partial charge is 0.343 e. The van der Waals surface area contributed by atoms with E-state index in [1.807, 2.05) is 45.0 Å². The lowest BCUT2D eigenvalue weighted by atomic mass is 10.1. The first-order chi connectivity index (χ1) is 16.7. The van der Waals surface area contributed by atoms with Gasteiger partial charge in [-0.2, -0.15) is 0 Å². The molecule has 0 saturated heterocycles. The van der Waals surface area contributed by atoms with E-state index in [0.29, 0.717) is 22.6 Å². The molecule has 3 aromatic rings. The Bertz CT molecular complexity index is 1230. The summed E-state index contributed by atoms with van der Waals surface area (Å²) in [6.07, 6.45) is -0.196. The van der Waals surface area contributed by atoms with Gasteiger partial charge in [-0.05, 0) is 80.4 Å². The van der Waals surface area contributed by atoms with Crippen molar-refractivity contribution < 1.29 is 28.7 Å². The minimum Gasteiger partial charge on any atom is -0.457 e. The van der Waals surface area contributed by atoms with Crippen LogP contribution >= 0.6 is 0 Å². The maximum absolute atomic E-state index is 12.3. The molecule has 0 aliphatic carbocycles. The average Bonchev–Trinajstić information content (AvgIpc) is 2.84. The lowest BCUT2D eigenvalue weighted by Crippen LogP contribution is -2.17. The highest BCUT2D eigenvalue weighted by atomic mass is 16.5. The van der Waals surface area contributed by atoms with E-state index in [0.717, 1.165) is 16.7 Å². The summed E-state index contributed by atoms with van der Waals surface area (Å²) in [6, 6.07) is 18.5. The summed E-state index contributed by atoms with van der Waals surface area (Å²) >= 11 is 0. The molecule has 0 saturated carbocycles. The van der Waals surface area contributed by atoms with Gasteiger partial charge in [-0.25, -0.2) is 4.79 Å². The molecule has 3 aromatic carbocycles. The number of rotatable bonds is 9. The van der Waals surface area contributed by atoms with E-state index in [2.05, 4.69) is 5.32 Å². The second-order valence-electron chi connectivity index (χ2n) is 8.21. The highest BCUT2D eigenvalue weighted by Crippen LogP contribution is 2.16. The molecule has 7 nitrogen and oxygen atoms in total. The highest BCUT2D eigenvalue weighted by molar-refractivity contribution is 5.98. The fourth-order valence-corrected chi connectivity index (χ4v) is 3.12. The Labute approximate surface area is 204 Å². The van der Waals surface area contributed by atoms with E-state index in [4.69, 9.17) is 9.47 Å². The van der Waals surface area contributed by atoms with E-state index in [1.54, 1.807) is 18.2 Å². The lowest BCUT2D eigenvalue weighted by Gasteiger charge is -2.08. The van der Waals surface area contributed by atoms with Crippen LogP contribution in [-0.4, -0.2) is 30.2 Å². The number of ether oxygens (including phenoxy) is 2. The van der Waals surface area contributed by atoms with Gasteiger partial charge in [0.15, 0.2) is 12.4 Å². The van der Waals surface area contributed by atoms with E-state index >= 15 is 0 Å². The number of anilines is 1. The summed E-state index contributed by atoms with van der Waals surface area (Å²) in [5, 5.41) is 2.74. The summed E-state index contributed by atoms with van der Waals surface area (Å²) < 4.78 is 10.3. The molecular formula is C28H27NO6. The molecule has 35 heavy (non-hydrogen) atoms. The summed E-state index contributed by atoms with van der Waals surface area (Å²) in [5.74, 6) is -1.57. The Morgan fingerprint density at radius 2 is 1.40 bits per heavy atom. The highest BCUT2D eigenvalue weighted by Gasteiger charge is 2.14. The Morgan fingerprint density at radius 3 is 2.06 bits per heavy atom. The molecule has 0 aliphatic heterocycles. The van der Waals surface area contributed by atoms with Gasteiger partial charge in [0, 0.05) is 17.7 Å². The molecule has 1 amide bonds. The number of hydrogen-bond donors (Lipinski definition) is 1. The maximum Gasteiger partial charge on any atom is 0.343 e. The molecule has 0 fully saturated rings. The van der Waals surface area contributed by atoms with Gasteiger partial charge in [-0.15, -0.1) is 0 Å². The van der Waals surface area contributed by atoms with Crippen molar-refractivity contribution in [2.45, 2.75) is 33.6 Å². The summed E-state index contributed by atoms with van der Waals surface area (Å²) in [4.78, 5) is 48.5. The van der Waals surface area contributed by atoms with Crippen LogP contribution in [0.3, 0.4) is 0 Å². The summed E-state index contributed by atoms with van der Waals surface area (Å²) in [7, 11) is 0. The quantitative estimate of drug-likeness (QED) is 0.267. The fourth-order valence-electron chi connectivity index (χ4n) is 3.12. The van der Waals surface area contributed by atoms with Crippen molar-refractivity contribution >= 4 is 29.3 Å². The lowest BCUT2D eigenvalue weighted by molar-refractivity contribution is -0.143. The molecule has 0 heterocycles. The van der Waals surface area contributed by atoms with Crippen LogP contribution in [0.4, 0.5) is 5.69 Å². The van der Waals surface area contributed by atoms with Crippen LogP contribution in [0, 0.1) is 20.8 Å². The number of amides is 1. The van der Waals surface area contributed by atoms with Crippen molar-refractivity contribution in [1.82, 2.24) is 0 Å². The van der Waals surface area contributed by atoms with E-state index in [1.165, 1.54) is 24.3 Å². The number of carbonyl (C=O) groups excluding carboxylic acids is 4. The number of aryl methyl sites for hydroxylation is 3. The van der Waals surface area contributed by atoms with E-state index in [-0.39, 0.29) is 18.7 Å². The van der Waals surface area contributed by atoms with Crippen molar-refractivity contribution in [3.63, 3.8) is 0 Å². The number of carbonyl (C=O) groups is 4. The zero-order valence-corrected chi connectivity index (χ0v) is 19.9. The molecule has 0 unspecified atom stereocenters. The Kier molecular flexibility index (Phi) is 8.51. The Morgan fingerprint density at radius 1 is 0.743 bits per heavy atom. The van der Waals surface area contributed by atoms with Gasteiger partial charge in [-0.3, -0.25) is 14.4 Å². The molecular weight excluding hydrogens is 446 g/mol. The van der Waals surface area contributed by atoms with Gasteiger partial charge >= 0.3 is 11.9 Å². The molecule has 0 atom stereocenters. The van der Waals surface area contributed by atoms with Gasteiger partial charge in [0.1, 0.15) is 5.75 Å². The third kappa shape index (κ3) is 7.64. The Hall–Kier alpha value is -4.26. The van der Waals surface area contributed by atoms with E-state index < -0.39 is 24.3 Å². The van der Waals surface area contributed by atoms with Crippen molar-refractivity contribution in [1.29, 1.82) is 0 Å². The number of nitrogens with one attached hydrogen (secondary N) is 1. The fraction of sp³-hybridized carbons (Fsp3) is 0.214. The molecule has 7 heteroatoms. The summed E-state index contributed by atoms with van der Waals surface area (Å²) in [5.41, 5.74) is 4.60. The normalized spacial score (nSPS) is 10.4. The largest absolute Gasteiger partial charge is 0.457 e. The standard InChI is InChI=1S/C28H27NO6/c1-18-4-7-22(8-5-18)28(33)35-24-12-9-21(10-13-24)25(30)17-34-27(32)15-14-26(31)29-23-11-6-19(2)20(3)16-23/h4-13,16H,14-15,17H2,1-3H3,(H,29,31). The van der Waals surface area contributed by atoms with Gasteiger partial charge < -0.3 is 14.8 Å². The van der Waals surface area contributed by atoms with Crippen LogP contribution in [0.25, 0.3) is 0 Å². The first-order valence-electron chi connectivity index (χ1n) is 11.2. The molecule has 3 rings (SSSR count). The first-order valence-corrected chi connectivity index (χ1v) is 11.2. The number of hydrogen-bond acceptors (Lipinski definition) is 6. The van der Waals surface area contributed by atoms with Crippen LogP contribution in [-0.2, 0) is 14.3 Å². The number of ketones is 1. The zero-order chi connectivity index (χ0) is 25.4. The molecule has 0 radical (unpaired) electrons. The second kappa shape index (κ2) is 11.7. The second-order valence-corrected chi connectivity index (χ2v) is 8.21. The van der Waals surface area contributed by atoms with Crippen LogP contribution in [0.2, 0.25) is 0 Å². The summed E-state index contributed by atoms with van der Waals surface area (Å²) in [6.45, 7) is 5.41. The van der Waals surface area contributed by atoms with Crippen molar-refractivity contribution in [2.24, 2.45) is 0 Å². The Balaban J connectivity index is 1.41. The average molecular weight is 474 g/mol. The SMILES string of the molecule is Cc1ccc(C(=O)Oc2ccc(C(=O)COC(=O)CCC(=O)Nc3ccc(C)c(C)c3)cc2)cc1. The van der Waals surface area contributed by atoms with Crippen LogP contribution in [0.1, 0.15) is 50.2 Å². The third-order valence-corrected chi connectivity index (χ3v) is 5.39. The minimum atomic E-state index is -0.641. The predicted octanol–water partition coefficient (Wildman–Crippen LogP) is 4.98. The van der Waals surface area contributed by atoms with Crippen LogP contribution < -0.4 is 10.1 Å². The van der Waals surface area contributed by atoms with Crippen LogP contribution in [0.15, 0.2) is 66.7 Å². The maximum atomic E-state index is 12.3. The van der Waals surface area contributed by atoms with Gasteiger partial charge in [0.25, 0.3) is 0 Å². The zero-order valence-electron chi connectivity index (χ0n) is 19.9. The monoisotopic (exact) mass is 473 g/mol. The van der Waals surface area contributed by atoms with E-state index in [9.17, 15) is 19.2 Å². The van der Waals surface area contributed by atoms with Crippen molar-refractivity contribution in [2.75, 3.05) is 11.9 Å². The van der Waals surface area contributed by atoms with Gasteiger partial charge in [0.05, 0.1) is 12.0 Å². The molecule has 0 aromatic heterocycles. The molecule has 0 spiro atoms. The van der Waals surface area contributed by atoms with Crippen molar-refractivity contribution in [3.05, 3.63) is 94.5 Å². The van der Waals surface area contributed by atoms with Crippen LogP contribution in [0.5, 0.6) is 5.75 Å². The first kappa shape index (κ1) is 25.4. The molecule has 180 valence electrons. The van der Waals surface area contributed by atoms with Crippen molar-refractivity contribution in [3.8, 4) is 5.75 Å². The van der Waals surface area contributed by atoms with Gasteiger partial charge in [-0.1, -0.05) is 23.8 Å². The topological polar surface area (TPSA) is 98.8 Å². The number of benzene rings is 3. The predicted molar refractivity (Wildman–Crippen MR) is 132 cm³/mol. The minimum absolute atomic E-state index is 0.0546. The van der Waals surface area contributed by atoms with Gasteiger partial charge in [0.2, 0.25) is 5.91 Å². The molecule has 0 aliphatic rings. The molecule has 0 bridgehead atoms. The number of esters is 2. The third-order valence-electron chi connectivity index (χ3n) is 5.39. The number of Topliss-reactive ketones (excluding diaryl/α,β-unsaturated/α-hetero) is 1.